The lowest BCUT2D eigenvalue weighted by atomic mass is 9.87. The van der Waals surface area contributed by atoms with Gasteiger partial charge in [0.05, 0.1) is 7.11 Å². The van der Waals surface area contributed by atoms with Crippen molar-refractivity contribution < 1.29 is 9.84 Å². The summed E-state index contributed by atoms with van der Waals surface area (Å²) in [5.41, 5.74) is 4.93. The first kappa shape index (κ1) is 20.0. The first-order valence-corrected chi connectivity index (χ1v) is 10.1. The van der Waals surface area contributed by atoms with E-state index in [9.17, 15) is 5.11 Å². The van der Waals surface area contributed by atoms with Gasteiger partial charge in [-0.15, -0.1) is 0 Å². The molecule has 1 N–H and O–H groups in total. The molecule has 2 nitrogen and oxygen atoms in total. The largest absolute Gasteiger partial charge is 0.508 e. The van der Waals surface area contributed by atoms with E-state index in [1.807, 2.05) is 18.2 Å². The molecule has 0 aromatic heterocycles. The minimum Gasteiger partial charge on any atom is -0.508 e. The van der Waals surface area contributed by atoms with E-state index in [1.165, 1.54) is 16.7 Å². The Labute approximate surface area is 168 Å². The normalized spacial score (nSPS) is 17.5. The number of aryl methyl sites for hydroxylation is 2. The molecule has 146 valence electrons. The van der Waals surface area contributed by atoms with E-state index in [4.69, 9.17) is 4.74 Å². The molecule has 0 fully saturated rings. The van der Waals surface area contributed by atoms with Gasteiger partial charge in [0.2, 0.25) is 0 Å². The van der Waals surface area contributed by atoms with Crippen LogP contribution < -0.4 is 4.74 Å². The molecule has 0 radical (unpaired) electrons. The maximum atomic E-state index is 10.5. The zero-order valence-electron chi connectivity index (χ0n) is 17.1. The number of hydrogen-bond donors (Lipinski definition) is 1. The molecule has 0 saturated heterocycles. The average Bonchev–Trinajstić information content (AvgIpc) is 2.93. The van der Waals surface area contributed by atoms with E-state index in [-0.39, 0.29) is 5.92 Å². The fourth-order valence-electron chi connectivity index (χ4n) is 3.58. The molecule has 2 aromatic carbocycles. The summed E-state index contributed by atoms with van der Waals surface area (Å²) in [5, 5.41) is 10.5. The smallest absolute Gasteiger partial charge is 0.118 e. The monoisotopic (exact) mass is 374 g/mol. The van der Waals surface area contributed by atoms with Gasteiger partial charge in [-0.25, -0.2) is 0 Å². The van der Waals surface area contributed by atoms with Gasteiger partial charge >= 0.3 is 0 Å². The van der Waals surface area contributed by atoms with Crippen molar-refractivity contribution in [2.45, 2.75) is 39.0 Å². The molecule has 2 heteroatoms. The maximum absolute atomic E-state index is 10.5. The average molecular weight is 375 g/mol. The number of hydrogen-bond acceptors (Lipinski definition) is 2. The zero-order valence-corrected chi connectivity index (χ0v) is 17.1. The molecule has 2 aromatic rings. The molecule has 28 heavy (non-hydrogen) atoms. The van der Waals surface area contributed by atoms with Crippen molar-refractivity contribution in [1.29, 1.82) is 0 Å². The Hall–Kier alpha value is -2.74. The standard InChI is InChI=1S/C26H30O2/c1-4-20-5-7-21(8-6-20)9-10-24-12-11-22(15-18-26(24)27)19(2)23-13-16-25(28-3)17-14-23/h5-8,11-19,22,27H,4,9-10H2,1-3H3. The Morgan fingerprint density at radius 2 is 1.54 bits per heavy atom. The molecule has 0 aliphatic heterocycles. The van der Waals surface area contributed by atoms with Crippen LogP contribution in [0.1, 0.15) is 42.9 Å². The van der Waals surface area contributed by atoms with Crippen molar-refractivity contribution in [3.63, 3.8) is 0 Å². The molecule has 1 aliphatic rings. The highest BCUT2D eigenvalue weighted by Gasteiger charge is 2.16. The molecule has 3 rings (SSSR count). The predicted octanol–water partition coefficient (Wildman–Crippen LogP) is 6.55. The summed E-state index contributed by atoms with van der Waals surface area (Å²) in [5.74, 6) is 1.83. The topological polar surface area (TPSA) is 29.5 Å². The van der Waals surface area contributed by atoms with Gasteiger partial charge in [0.1, 0.15) is 11.5 Å². The van der Waals surface area contributed by atoms with Crippen molar-refractivity contribution >= 4 is 0 Å². The fourth-order valence-corrected chi connectivity index (χ4v) is 3.58. The number of allylic oxidation sites excluding steroid dienone is 5. The zero-order chi connectivity index (χ0) is 19.9. The molecular weight excluding hydrogens is 344 g/mol. The van der Waals surface area contributed by atoms with Crippen LogP contribution in [0.5, 0.6) is 5.75 Å². The number of aliphatic hydroxyl groups is 1. The Morgan fingerprint density at radius 1 is 0.893 bits per heavy atom. The molecular formula is C26H30O2. The number of methoxy groups -OCH3 is 1. The van der Waals surface area contributed by atoms with Crippen molar-refractivity contribution in [3.8, 4) is 5.75 Å². The van der Waals surface area contributed by atoms with Crippen LogP contribution in [-0.4, -0.2) is 12.2 Å². The van der Waals surface area contributed by atoms with Crippen LogP contribution in [0.25, 0.3) is 0 Å². The second-order valence-electron chi connectivity index (χ2n) is 7.44. The first-order valence-electron chi connectivity index (χ1n) is 10.1. The van der Waals surface area contributed by atoms with E-state index >= 15 is 0 Å². The SMILES string of the molecule is CCc1ccc(CCC2=C(O)C=CC(C(C)c3ccc(OC)cc3)C=C2)cc1. The molecule has 0 spiro atoms. The summed E-state index contributed by atoms with van der Waals surface area (Å²) < 4.78 is 5.25. The number of aliphatic hydroxyl groups excluding tert-OH is 1. The minimum atomic E-state index is 0.247. The third-order valence-corrected chi connectivity index (χ3v) is 5.66. The predicted molar refractivity (Wildman–Crippen MR) is 117 cm³/mol. The lowest BCUT2D eigenvalue weighted by Gasteiger charge is -2.18. The Morgan fingerprint density at radius 3 is 2.18 bits per heavy atom. The number of benzene rings is 2. The van der Waals surface area contributed by atoms with Crippen LogP contribution in [0.2, 0.25) is 0 Å². The Balaban J connectivity index is 1.65. The van der Waals surface area contributed by atoms with Gasteiger partial charge in [0.25, 0.3) is 0 Å². The van der Waals surface area contributed by atoms with Crippen LogP contribution in [0, 0.1) is 5.92 Å². The van der Waals surface area contributed by atoms with Crippen LogP contribution in [0.4, 0.5) is 0 Å². The highest BCUT2D eigenvalue weighted by atomic mass is 16.5. The summed E-state index contributed by atoms with van der Waals surface area (Å²) in [6.45, 7) is 4.39. The molecule has 2 unspecified atom stereocenters. The van der Waals surface area contributed by atoms with Gasteiger partial charge in [-0.05, 0) is 65.7 Å². The highest BCUT2D eigenvalue weighted by molar-refractivity contribution is 5.37. The highest BCUT2D eigenvalue weighted by Crippen LogP contribution is 2.31. The molecule has 0 saturated carbocycles. The van der Waals surface area contributed by atoms with Crippen LogP contribution in [0.15, 0.2) is 84.2 Å². The second-order valence-corrected chi connectivity index (χ2v) is 7.44. The van der Waals surface area contributed by atoms with E-state index in [2.05, 4.69) is 68.5 Å². The third kappa shape index (κ3) is 4.95. The summed E-state index contributed by atoms with van der Waals surface area (Å²) in [6, 6.07) is 17.0. The van der Waals surface area contributed by atoms with Crippen LogP contribution in [-0.2, 0) is 12.8 Å². The second kappa shape index (κ2) is 9.45. The van der Waals surface area contributed by atoms with Crippen molar-refractivity contribution in [2.75, 3.05) is 7.11 Å². The minimum absolute atomic E-state index is 0.247. The molecule has 0 bridgehead atoms. The number of rotatable bonds is 7. The van der Waals surface area contributed by atoms with E-state index in [0.29, 0.717) is 11.7 Å². The van der Waals surface area contributed by atoms with Gasteiger partial charge < -0.3 is 9.84 Å². The van der Waals surface area contributed by atoms with Crippen molar-refractivity contribution in [2.24, 2.45) is 5.92 Å². The molecule has 1 aliphatic carbocycles. The Bertz CT molecular complexity index is 854. The van der Waals surface area contributed by atoms with Crippen molar-refractivity contribution in [1.82, 2.24) is 0 Å². The maximum Gasteiger partial charge on any atom is 0.118 e. The van der Waals surface area contributed by atoms with Gasteiger partial charge in [0.15, 0.2) is 0 Å². The molecule has 0 heterocycles. The third-order valence-electron chi connectivity index (χ3n) is 5.66. The van der Waals surface area contributed by atoms with E-state index in [0.717, 1.165) is 30.6 Å². The number of ether oxygens (including phenoxy) is 1. The molecule has 0 amide bonds. The first-order chi connectivity index (χ1) is 13.6. The van der Waals surface area contributed by atoms with Gasteiger partial charge in [0, 0.05) is 5.92 Å². The fraction of sp³-hybridized carbons (Fsp3) is 0.308. The Kier molecular flexibility index (Phi) is 6.76. The van der Waals surface area contributed by atoms with Crippen LogP contribution >= 0.6 is 0 Å². The van der Waals surface area contributed by atoms with E-state index in [1.54, 1.807) is 7.11 Å². The van der Waals surface area contributed by atoms with Crippen LogP contribution in [0.3, 0.4) is 0 Å². The van der Waals surface area contributed by atoms with Gasteiger partial charge in [-0.3, -0.25) is 0 Å². The van der Waals surface area contributed by atoms with Gasteiger partial charge in [-0.2, -0.15) is 0 Å². The lowest BCUT2D eigenvalue weighted by Crippen LogP contribution is -2.04. The van der Waals surface area contributed by atoms with Crippen molar-refractivity contribution in [3.05, 3.63) is 101 Å². The summed E-state index contributed by atoms with van der Waals surface area (Å²) in [6.07, 6.45) is 11.1. The summed E-state index contributed by atoms with van der Waals surface area (Å²) >= 11 is 0. The quantitative estimate of drug-likeness (QED) is 0.595. The molecule has 2 atom stereocenters. The lowest BCUT2D eigenvalue weighted by molar-refractivity contribution is 0.414. The summed E-state index contributed by atoms with van der Waals surface area (Å²) in [7, 11) is 1.68. The van der Waals surface area contributed by atoms with Gasteiger partial charge in [-0.1, -0.05) is 68.5 Å². The summed E-state index contributed by atoms with van der Waals surface area (Å²) in [4.78, 5) is 0. The van der Waals surface area contributed by atoms with E-state index < -0.39 is 0 Å².